The van der Waals surface area contributed by atoms with Gasteiger partial charge >= 0.3 is 0 Å². The molecule has 0 fully saturated rings. The molecule has 1 aliphatic carbocycles. The number of carbonyl (C=O) groups is 1. The van der Waals surface area contributed by atoms with Crippen molar-refractivity contribution in [3.05, 3.63) is 59.3 Å². The summed E-state index contributed by atoms with van der Waals surface area (Å²) in [6.07, 6.45) is 3.78. The zero-order valence-corrected chi connectivity index (χ0v) is 16.1. The molecular formula is C22H20N4O3. The van der Waals surface area contributed by atoms with Gasteiger partial charge in [0, 0.05) is 22.2 Å². The first-order chi connectivity index (χ1) is 14.2. The fraction of sp³-hybridized carbons (Fsp3) is 0.182. The largest absolute Gasteiger partial charge is 0.493 e. The fourth-order valence-corrected chi connectivity index (χ4v) is 3.96. The molecule has 3 N–H and O–H groups in total. The van der Waals surface area contributed by atoms with Crippen LogP contribution in [0.5, 0.6) is 11.5 Å². The molecule has 1 aliphatic rings. The second kappa shape index (κ2) is 6.70. The van der Waals surface area contributed by atoms with Gasteiger partial charge in [-0.25, -0.2) is 0 Å². The molecule has 7 heteroatoms. The summed E-state index contributed by atoms with van der Waals surface area (Å²) in [4.78, 5) is 16.2. The van der Waals surface area contributed by atoms with Crippen molar-refractivity contribution in [1.82, 2.24) is 15.2 Å². The molecular weight excluding hydrogens is 368 g/mol. The first-order valence-corrected chi connectivity index (χ1v) is 9.38. The third-order valence-electron chi connectivity index (χ3n) is 5.42. The molecule has 7 nitrogen and oxygen atoms in total. The van der Waals surface area contributed by atoms with E-state index in [9.17, 15) is 4.79 Å². The Kier molecular flexibility index (Phi) is 4.01. The molecule has 4 aromatic rings. The van der Waals surface area contributed by atoms with Crippen molar-refractivity contribution in [2.45, 2.75) is 12.8 Å². The third-order valence-corrected chi connectivity index (χ3v) is 5.42. The number of aromatic nitrogens is 3. The predicted molar refractivity (Wildman–Crippen MR) is 111 cm³/mol. The number of fused-ring (bicyclic) bond motifs is 5. The number of rotatable bonds is 4. The standard InChI is InChI=1S/C22H20N4O3/c1-28-18-8-4-12(9-19(18)29-2)22(27)24-14-5-7-17-16(10-14)15-6-3-13-11-23-26-20(13)21(15)25-17/h4-5,7-11,25H,3,6H2,1-2H3,(H,23,26)(H,24,27). The summed E-state index contributed by atoms with van der Waals surface area (Å²) in [5, 5.41) is 11.4. The van der Waals surface area contributed by atoms with Gasteiger partial charge in [0.15, 0.2) is 11.5 Å². The number of methoxy groups -OCH3 is 2. The SMILES string of the molecule is COc1ccc(C(=O)Nc2ccc3[nH]c4c(c3c2)CCc2cn[nH]c2-4)cc1OC. The van der Waals surface area contributed by atoms with E-state index in [-0.39, 0.29) is 5.91 Å². The molecule has 0 unspecified atom stereocenters. The number of H-pyrrole nitrogens is 2. The molecule has 0 spiro atoms. The van der Waals surface area contributed by atoms with Crippen molar-refractivity contribution in [3.8, 4) is 22.9 Å². The number of aryl methyl sites for hydroxylation is 2. The molecule has 2 aromatic carbocycles. The van der Waals surface area contributed by atoms with Crippen molar-refractivity contribution in [2.24, 2.45) is 0 Å². The maximum Gasteiger partial charge on any atom is 0.255 e. The number of hydrogen-bond donors (Lipinski definition) is 3. The highest BCUT2D eigenvalue weighted by atomic mass is 16.5. The van der Waals surface area contributed by atoms with Gasteiger partial charge in [-0.05, 0) is 60.4 Å². The van der Waals surface area contributed by atoms with E-state index in [1.54, 1.807) is 32.4 Å². The topological polar surface area (TPSA) is 92.0 Å². The Morgan fingerprint density at radius 3 is 2.72 bits per heavy atom. The Hall–Kier alpha value is -3.74. The number of anilines is 1. The van der Waals surface area contributed by atoms with Gasteiger partial charge in [0.2, 0.25) is 0 Å². The first-order valence-electron chi connectivity index (χ1n) is 9.38. The van der Waals surface area contributed by atoms with E-state index in [0.29, 0.717) is 17.1 Å². The molecule has 146 valence electrons. The summed E-state index contributed by atoms with van der Waals surface area (Å²) in [6, 6.07) is 11.0. The van der Waals surface area contributed by atoms with Crippen LogP contribution in [0.15, 0.2) is 42.6 Å². The summed E-state index contributed by atoms with van der Waals surface area (Å²) >= 11 is 0. The Bertz CT molecular complexity index is 1240. The number of benzene rings is 2. The Morgan fingerprint density at radius 1 is 1.03 bits per heavy atom. The van der Waals surface area contributed by atoms with Crippen LogP contribution in [0.2, 0.25) is 0 Å². The molecule has 0 saturated carbocycles. The summed E-state index contributed by atoms with van der Waals surface area (Å²) in [7, 11) is 3.12. The third kappa shape index (κ3) is 2.82. The van der Waals surface area contributed by atoms with Crippen molar-refractivity contribution < 1.29 is 14.3 Å². The lowest BCUT2D eigenvalue weighted by Gasteiger charge is -2.12. The number of aromatic amines is 2. The quantitative estimate of drug-likeness (QED) is 0.494. The lowest BCUT2D eigenvalue weighted by molar-refractivity contribution is 0.102. The number of hydrogen-bond acceptors (Lipinski definition) is 4. The number of amides is 1. The summed E-state index contributed by atoms with van der Waals surface area (Å²) in [5.41, 5.74) is 6.91. The zero-order chi connectivity index (χ0) is 20.0. The molecule has 5 rings (SSSR count). The van der Waals surface area contributed by atoms with E-state index in [0.717, 1.165) is 40.8 Å². The average molecular weight is 388 g/mol. The van der Waals surface area contributed by atoms with Crippen molar-refractivity contribution in [1.29, 1.82) is 0 Å². The monoisotopic (exact) mass is 388 g/mol. The van der Waals surface area contributed by atoms with Gasteiger partial charge in [0.25, 0.3) is 5.91 Å². The van der Waals surface area contributed by atoms with Crippen molar-refractivity contribution in [2.75, 3.05) is 19.5 Å². The van der Waals surface area contributed by atoms with Crippen LogP contribution in [0.3, 0.4) is 0 Å². The highest BCUT2D eigenvalue weighted by Gasteiger charge is 2.22. The van der Waals surface area contributed by atoms with Crippen molar-refractivity contribution in [3.63, 3.8) is 0 Å². The normalized spacial score (nSPS) is 12.3. The van der Waals surface area contributed by atoms with Crippen LogP contribution in [0.25, 0.3) is 22.3 Å². The van der Waals surface area contributed by atoms with Gasteiger partial charge in [-0.15, -0.1) is 0 Å². The van der Waals surface area contributed by atoms with Gasteiger partial charge < -0.3 is 19.8 Å². The molecule has 0 aliphatic heterocycles. The lowest BCUT2D eigenvalue weighted by Crippen LogP contribution is -2.12. The van der Waals surface area contributed by atoms with E-state index in [1.165, 1.54) is 11.1 Å². The van der Waals surface area contributed by atoms with E-state index < -0.39 is 0 Å². The molecule has 0 radical (unpaired) electrons. The number of ether oxygens (including phenoxy) is 2. The minimum Gasteiger partial charge on any atom is -0.493 e. The molecule has 1 amide bonds. The van der Waals surface area contributed by atoms with Gasteiger partial charge in [-0.3, -0.25) is 9.89 Å². The Morgan fingerprint density at radius 2 is 1.90 bits per heavy atom. The predicted octanol–water partition coefficient (Wildman–Crippen LogP) is 3.93. The fourth-order valence-electron chi connectivity index (χ4n) is 3.96. The molecule has 0 atom stereocenters. The summed E-state index contributed by atoms with van der Waals surface area (Å²) in [5.74, 6) is 0.902. The van der Waals surface area contributed by atoms with E-state index in [1.807, 2.05) is 24.4 Å². The van der Waals surface area contributed by atoms with Gasteiger partial charge in [0.1, 0.15) is 0 Å². The van der Waals surface area contributed by atoms with Crippen LogP contribution in [0.1, 0.15) is 21.5 Å². The summed E-state index contributed by atoms with van der Waals surface area (Å²) in [6.45, 7) is 0. The van der Waals surface area contributed by atoms with Crippen molar-refractivity contribution >= 4 is 22.5 Å². The van der Waals surface area contributed by atoms with Crippen LogP contribution >= 0.6 is 0 Å². The summed E-state index contributed by atoms with van der Waals surface area (Å²) < 4.78 is 10.5. The van der Waals surface area contributed by atoms with Gasteiger partial charge in [0.05, 0.1) is 31.8 Å². The van der Waals surface area contributed by atoms with Crippen LogP contribution in [0, 0.1) is 0 Å². The first kappa shape index (κ1) is 17.4. The maximum absolute atomic E-state index is 12.7. The minimum atomic E-state index is -0.203. The highest BCUT2D eigenvalue weighted by Crippen LogP contribution is 2.37. The molecule has 2 aromatic heterocycles. The van der Waals surface area contributed by atoms with E-state index >= 15 is 0 Å². The highest BCUT2D eigenvalue weighted by molar-refractivity contribution is 6.06. The number of carbonyl (C=O) groups excluding carboxylic acids is 1. The van der Waals surface area contributed by atoms with E-state index in [4.69, 9.17) is 9.47 Å². The number of nitrogens with one attached hydrogen (secondary N) is 3. The Labute approximate surface area is 167 Å². The maximum atomic E-state index is 12.7. The van der Waals surface area contributed by atoms with Crippen LogP contribution in [-0.4, -0.2) is 35.3 Å². The van der Waals surface area contributed by atoms with E-state index in [2.05, 4.69) is 20.5 Å². The second-order valence-corrected chi connectivity index (χ2v) is 7.03. The van der Waals surface area contributed by atoms with Crippen LogP contribution in [0.4, 0.5) is 5.69 Å². The Balaban J connectivity index is 1.47. The van der Waals surface area contributed by atoms with Gasteiger partial charge in [-0.1, -0.05) is 0 Å². The zero-order valence-electron chi connectivity index (χ0n) is 16.1. The van der Waals surface area contributed by atoms with Crippen LogP contribution in [-0.2, 0) is 12.8 Å². The molecule has 0 saturated heterocycles. The average Bonchev–Trinajstić information content (AvgIpc) is 3.37. The molecule has 0 bridgehead atoms. The van der Waals surface area contributed by atoms with Crippen LogP contribution < -0.4 is 14.8 Å². The molecule has 29 heavy (non-hydrogen) atoms. The number of nitrogens with zero attached hydrogens (tertiary/aromatic N) is 1. The lowest BCUT2D eigenvalue weighted by atomic mass is 9.94. The second-order valence-electron chi connectivity index (χ2n) is 7.03. The smallest absolute Gasteiger partial charge is 0.255 e. The molecule has 2 heterocycles. The van der Waals surface area contributed by atoms with Gasteiger partial charge in [-0.2, -0.15) is 5.10 Å². The minimum absolute atomic E-state index is 0.203.